The van der Waals surface area contributed by atoms with E-state index in [1.54, 1.807) is 6.20 Å². The van der Waals surface area contributed by atoms with Crippen molar-refractivity contribution in [2.75, 3.05) is 0 Å². The Hall–Kier alpha value is -0.700. The van der Waals surface area contributed by atoms with Gasteiger partial charge >= 0.3 is 0 Å². The van der Waals surface area contributed by atoms with Crippen LogP contribution in [0.5, 0.6) is 0 Å². The molecule has 1 unspecified atom stereocenters. The minimum atomic E-state index is 0.152. The summed E-state index contributed by atoms with van der Waals surface area (Å²) in [5.41, 5.74) is 1.36. The van der Waals surface area contributed by atoms with Crippen molar-refractivity contribution in [2.24, 2.45) is 5.41 Å². The number of nitrogens with zero attached hydrogens (tertiary/aromatic N) is 1. The monoisotopic (exact) mass is 267 g/mol. The van der Waals surface area contributed by atoms with Crippen LogP contribution < -0.4 is 0 Å². The first-order valence-corrected chi connectivity index (χ1v) is 5.98. The molecule has 1 aromatic heterocycles. The molecule has 1 fully saturated rings. The normalized spacial score (nSPS) is 25.9. The molecule has 0 radical (unpaired) electrons. The zero-order valence-corrected chi connectivity index (χ0v) is 10.4. The predicted molar refractivity (Wildman–Crippen MR) is 62.6 cm³/mol. The van der Waals surface area contributed by atoms with Crippen LogP contribution in [-0.4, -0.2) is 10.8 Å². The van der Waals surface area contributed by atoms with E-state index >= 15 is 0 Å². The van der Waals surface area contributed by atoms with Crippen molar-refractivity contribution < 1.29 is 4.79 Å². The average molecular weight is 268 g/mol. The number of aromatic nitrogens is 1. The van der Waals surface area contributed by atoms with E-state index in [0.29, 0.717) is 5.78 Å². The van der Waals surface area contributed by atoms with Crippen LogP contribution in [0.15, 0.2) is 22.9 Å². The van der Waals surface area contributed by atoms with Crippen LogP contribution >= 0.6 is 15.9 Å². The molecule has 1 saturated carbocycles. The standard InChI is InChI=1S/C12H14BrNO/c1-12(3-2-11(15)6-12)5-9-4-10(13)8-14-7-9/h4,7-8H,2-3,5-6H2,1H3. The molecule has 0 saturated heterocycles. The number of hydrogen-bond donors (Lipinski definition) is 0. The summed E-state index contributed by atoms with van der Waals surface area (Å²) in [6, 6.07) is 2.08. The summed E-state index contributed by atoms with van der Waals surface area (Å²) in [6.07, 6.45) is 7.10. The van der Waals surface area contributed by atoms with Gasteiger partial charge in [0.1, 0.15) is 5.78 Å². The summed E-state index contributed by atoms with van der Waals surface area (Å²) in [5.74, 6) is 0.403. The molecule has 0 N–H and O–H groups in total. The predicted octanol–water partition coefficient (Wildman–Crippen LogP) is 3.15. The molecule has 0 bridgehead atoms. The molecule has 3 heteroatoms. The highest BCUT2D eigenvalue weighted by molar-refractivity contribution is 9.10. The third-order valence-corrected chi connectivity index (χ3v) is 3.46. The van der Waals surface area contributed by atoms with Crippen molar-refractivity contribution in [1.29, 1.82) is 0 Å². The van der Waals surface area contributed by atoms with Crippen LogP contribution in [0.2, 0.25) is 0 Å². The van der Waals surface area contributed by atoms with E-state index in [0.717, 1.165) is 30.2 Å². The first-order valence-electron chi connectivity index (χ1n) is 5.19. The van der Waals surface area contributed by atoms with Gasteiger partial charge < -0.3 is 0 Å². The third kappa shape index (κ3) is 2.65. The summed E-state index contributed by atoms with van der Waals surface area (Å²) in [7, 11) is 0. The second-order valence-electron chi connectivity index (χ2n) is 4.71. The fourth-order valence-electron chi connectivity index (χ4n) is 2.29. The number of halogens is 1. The van der Waals surface area contributed by atoms with Crippen LogP contribution in [0.25, 0.3) is 0 Å². The van der Waals surface area contributed by atoms with Crippen LogP contribution in [-0.2, 0) is 11.2 Å². The van der Waals surface area contributed by atoms with Gasteiger partial charge in [0.05, 0.1) is 0 Å². The summed E-state index contributed by atoms with van der Waals surface area (Å²) in [5, 5.41) is 0. The van der Waals surface area contributed by atoms with Crippen LogP contribution in [0.1, 0.15) is 31.7 Å². The molecule has 0 amide bonds. The maximum absolute atomic E-state index is 11.3. The Morgan fingerprint density at radius 1 is 1.53 bits per heavy atom. The quantitative estimate of drug-likeness (QED) is 0.824. The van der Waals surface area contributed by atoms with Gasteiger partial charge in [-0.1, -0.05) is 6.92 Å². The van der Waals surface area contributed by atoms with Crippen molar-refractivity contribution in [2.45, 2.75) is 32.6 Å². The largest absolute Gasteiger partial charge is 0.300 e. The Labute approximate surface area is 98.2 Å². The molecular formula is C12H14BrNO. The molecular weight excluding hydrogens is 254 g/mol. The van der Waals surface area contributed by atoms with Crippen LogP contribution in [0.3, 0.4) is 0 Å². The maximum atomic E-state index is 11.3. The number of pyridine rings is 1. The molecule has 1 aliphatic carbocycles. The molecule has 1 atom stereocenters. The summed E-state index contributed by atoms with van der Waals surface area (Å²) in [6.45, 7) is 2.19. The fourth-order valence-corrected chi connectivity index (χ4v) is 2.70. The molecule has 15 heavy (non-hydrogen) atoms. The summed E-state index contributed by atoms with van der Waals surface area (Å²) >= 11 is 3.41. The molecule has 0 spiro atoms. The van der Waals surface area contributed by atoms with E-state index in [1.165, 1.54) is 5.56 Å². The Morgan fingerprint density at radius 2 is 2.33 bits per heavy atom. The third-order valence-electron chi connectivity index (χ3n) is 3.02. The van der Waals surface area contributed by atoms with E-state index in [2.05, 4.69) is 33.9 Å². The first kappa shape index (κ1) is 10.8. The molecule has 1 aliphatic rings. The Kier molecular flexibility index (Phi) is 2.91. The minimum absolute atomic E-state index is 0.152. The lowest BCUT2D eigenvalue weighted by atomic mass is 9.82. The highest BCUT2D eigenvalue weighted by Gasteiger charge is 2.33. The molecule has 80 valence electrons. The van der Waals surface area contributed by atoms with Gasteiger partial charge in [-0.15, -0.1) is 0 Å². The molecule has 1 heterocycles. The minimum Gasteiger partial charge on any atom is -0.300 e. The van der Waals surface area contributed by atoms with Crippen LogP contribution in [0.4, 0.5) is 0 Å². The average Bonchev–Trinajstić information content (AvgIpc) is 2.45. The lowest BCUT2D eigenvalue weighted by Crippen LogP contribution is -2.15. The molecule has 0 aromatic carbocycles. The zero-order valence-electron chi connectivity index (χ0n) is 8.79. The number of carbonyl (C=O) groups excluding carboxylic acids is 1. The zero-order chi connectivity index (χ0) is 10.9. The highest BCUT2D eigenvalue weighted by Crippen LogP contribution is 2.38. The summed E-state index contributed by atoms with van der Waals surface area (Å²) in [4.78, 5) is 15.4. The van der Waals surface area contributed by atoms with Gasteiger partial charge in [0.15, 0.2) is 0 Å². The number of ketones is 1. The van der Waals surface area contributed by atoms with Crippen molar-refractivity contribution in [3.05, 3.63) is 28.5 Å². The van der Waals surface area contributed by atoms with Crippen molar-refractivity contribution in [1.82, 2.24) is 4.98 Å². The second-order valence-corrected chi connectivity index (χ2v) is 5.63. The smallest absolute Gasteiger partial charge is 0.133 e. The van der Waals surface area contributed by atoms with Gasteiger partial charge in [0.25, 0.3) is 0 Å². The van der Waals surface area contributed by atoms with Gasteiger partial charge in [-0.2, -0.15) is 0 Å². The number of rotatable bonds is 2. The van der Waals surface area contributed by atoms with E-state index in [1.807, 2.05) is 6.20 Å². The first-order chi connectivity index (χ1) is 7.07. The van der Waals surface area contributed by atoms with E-state index in [-0.39, 0.29) is 5.41 Å². The Morgan fingerprint density at radius 3 is 2.93 bits per heavy atom. The second kappa shape index (κ2) is 4.05. The number of carbonyl (C=O) groups is 1. The van der Waals surface area contributed by atoms with E-state index in [9.17, 15) is 4.79 Å². The van der Waals surface area contributed by atoms with E-state index < -0.39 is 0 Å². The lowest BCUT2D eigenvalue weighted by Gasteiger charge is -2.22. The van der Waals surface area contributed by atoms with Gasteiger partial charge in [0.2, 0.25) is 0 Å². The highest BCUT2D eigenvalue weighted by atomic mass is 79.9. The number of Topliss-reactive ketones (excluding diaryl/α,β-unsaturated/α-hetero) is 1. The van der Waals surface area contributed by atoms with Gasteiger partial charge in [-0.05, 0) is 45.8 Å². The lowest BCUT2D eigenvalue weighted by molar-refractivity contribution is -0.117. The summed E-state index contributed by atoms with van der Waals surface area (Å²) < 4.78 is 1.01. The van der Waals surface area contributed by atoms with Gasteiger partial charge in [0, 0.05) is 29.7 Å². The molecule has 1 aromatic rings. The number of hydrogen-bond acceptors (Lipinski definition) is 2. The van der Waals surface area contributed by atoms with Crippen molar-refractivity contribution in [3.63, 3.8) is 0 Å². The molecule has 2 nitrogen and oxygen atoms in total. The Bertz CT molecular complexity index is 391. The maximum Gasteiger partial charge on any atom is 0.133 e. The molecule has 2 rings (SSSR count). The van der Waals surface area contributed by atoms with Gasteiger partial charge in [-0.25, -0.2) is 0 Å². The molecule has 0 aliphatic heterocycles. The fraction of sp³-hybridized carbons (Fsp3) is 0.500. The SMILES string of the molecule is CC1(Cc2cncc(Br)c2)CCC(=O)C1. The van der Waals surface area contributed by atoms with Crippen LogP contribution in [0, 0.1) is 5.41 Å². The van der Waals surface area contributed by atoms with Crippen molar-refractivity contribution >= 4 is 21.7 Å². The van der Waals surface area contributed by atoms with E-state index in [4.69, 9.17) is 0 Å². The Balaban J connectivity index is 2.11. The van der Waals surface area contributed by atoms with Gasteiger partial charge in [-0.3, -0.25) is 9.78 Å². The van der Waals surface area contributed by atoms with Crippen molar-refractivity contribution in [3.8, 4) is 0 Å². The topological polar surface area (TPSA) is 30.0 Å².